The lowest BCUT2D eigenvalue weighted by Gasteiger charge is -2.15. The first-order valence-electron chi connectivity index (χ1n) is 8.61. The Morgan fingerprint density at radius 3 is 2.58 bits per heavy atom. The molecule has 0 aliphatic rings. The molecule has 2 rings (SSSR count). The van der Waals surface area contributed by atoms with Crippen molar-refractivity contribution >= 4 is 11.8 Å². The topological polar surface area (TPSA) is 83.8 Å². The Kier molecular flexibility index (Phi) is 7.23. The van der Waals surface area contributed by atoms with Crippen molar-refractivity contribution in [3.05, 3.63) is 53.5 Å². The van der Waals surface area contributed by atoms with Gasteiger partial charge in [-0.05, 0) is 49.8 Å². The molecule has 2 aromatic rings. The van der Waals surface area contributed by atoms with E-state index in [0.717, 1.165) is 18.7 Å². The van der Waals surface area contributed by atoms with Crippen molar-refractivity contribution in [3.8, 4) is 5.75 Å². The maximum absolute atomic E-state index is 12.0. The Bertz CT molecular complexity index is 738. The molecular weight excluding hydrogens is 334 g/mol. The van der Waals surface area contributed by atoms with Crippen molar-refractivity contribution in [1.29, 1.82) is 0 Å². The first kappa shape index (κ1) is 19.5. The van der Waals surface area contributed by atoms with Gasteiger partial charge in [0, 0.05) is 0 Å². The van der Waals surface area contributed by atoms with Crippen LogP contribution in [0, 0.1) is 6.92 Å². The molecule has 0 saturated carbocycles. The van der Waals surface area contributed by atoms with Crippen LogP contribution in [0.2, 0.25) is 0 Å². The number of nitrogens with zero attached hydrogens (tertiary/aromatic N) is 1. The van der Waals surface area contributed by atoms with Crippen LogP contribution in [0.15, 0.2) is 40.8 Å². The molecule has 1 aromatic carbocycles. The van der Waals surface area contributed by atoms with Gasteiger partial charge < -0.3 is 9.15 Å². The third-order valence-corrected chi connectivity index (χ3v) is 3.83. The van der Waals surface area contributed by atoms with E-state index in [1.165, 1.54) is 0 Å². The molecule has 140 valence electrons. The van der Waals surface area contributed by atoms with Gasteiger partial charge in [0.15, 0.2) is 12.4 Å². The minimum atomic E-state index is -0.514. The van der Waals surface area contributed by atoms with Crippen LogP contribution >= 0.6 is 0 Å². The molecule has 0 atom stereocenters. The smallest absolute Gasteiger partial charge is 0.305 e. The number of ether oxygens (including phenoxy) is 1. The number of rotatable bonds is 8. The summed E-state index contributed by atoms with van der Waals surface area (Å²) in [6.45, 7) is 8.30. The lowest BCUT2D eigenvalue weighted by atomic mass is 10.2. The molecule has 7 heteroatoms. The van der Waals surface area contributed by atoms with Gasteiger partial charge in [-0.1, -0.05) is 26.0 Å². The fraction of sp³-hybridized carbons (Fsp3) is 0.368. The average Bonchev–Trinajstić information content (AvgIpc) is 3.11. The first-order chi connectivity index (χ1) is 12.5. The number of nitrogens with one attached hydrogen (secondary N) is 2. The van der Waals surface area contributed by atoms with E-state index in [9.17, 15) is 9.59 Å². The van der Waals surface area contributed by atoms with Crippen molar-refractivity contribution < 1.29 is 18.7 Å². The molecule has 1 heterocycles. The quantitative estimate of drug-likeness (QED) is 0.707. The predicted molar refractivity (Wildman–Crippen MR) is 97.6 cm³/mol. The second-order valence-corrected chi connectivity index (χ2v) is 5.83. The Morgan fingerprint density at radius 1 is 1.12 bits per heavy atom. The van der Waals surface area contributed by atoms with Crippen LogP contribution in [0.3, 0.4) is 0 Å². The van der Waals surface area contributed by atoms with E-state index in [1.807, 2.05) is 25.1 Å². The summed E-state index contributed by atoms with van der Waals surface area (Å²) in [7, 11) is 0. The molecule has 2 amide bonds. The number of carbonyl (C=O) groups is 2. The zero-order valence-corrected chi connectivity index (χ0v) is 15.4. The van der Waals surface area contributed by atoms with Gasteiger partial charge >= 0.3 is 5.91 Å². The summed E-state index contributed by atoms with van der Waals surface area (Å²) < 4.78 is 10.9. The monoisotopic (exact) mass is 359 g/mol. The first-order valence-corrected chi connectivity index (χ1v) is 8.61. The fourth-order valence-corrected chi connectivity index (χ4v) is 2.33. The highest BCUT2D eigenvalue weighted by Crippen LogP contribution is 2.12. The summed E-state index contributed by atoms with van der Waals surface area (Å²) in [5, 5.41) is 0. The third kappa shape index (κ3) is 5.93. The number of hydrazine groups is 1. The lowest BCUT2D eigenvalue weighted by molar-refractivity contribution is -0.123. The molecule has 0 saturated heterocycles. The van der Waals surface area contributed by atoms with Crippen LogP contribution in [0.4, 0.5) is 0 Å². The van der Waals surface area contributed by atoms with Gasteiger partial charge in [-0.3, -0.25) is 25.3 Å². The van der Waals surface area contributed by atoms with E-state index in [1.54, 1.807) is 18.2 Å². The normalized spacial score (nSPS) is 10.6. The minimum absolute atomic E-state index is 0.145. The van der Waals surface area contributed by atoms with Gasteiger partial charge in [0.1, 0.15) is 11.5 Å². The van der Waals surface area contributed by atoms with Gasteiger partial charge in [-0.25, -0.2) is 0 Å². The largest absolute Gasteiger partial charge is 0.484 e. The average molecular weight is 359 g/mol. The molecule has 0 bridgehead atoms. The predicted octanol–water partition coefficient (Wildman–Crippen LogP) is 2.27. The second kappa shape index (κ2) is 9.62. The molecule has 0 aliphatic carbocycles. The lowest BCUT2D eigenvalue weighted by Crippen LogP contribution is -2.43. The number of furan rings is 1. The van der Waals surface area contributed by atoms with E-state index in [4.69, 9.17) is 9.15 Å². The van der Waals surface area contributed by atoms with Crippen LogP contribution in [0.1, 0.15) is 35.7 Å². The SMILES string of the molecule is CCN(CC)Cc1ccc(C(=O)NNC(=O)COc2cccc(C)c2)o1. The summed E-state index contributed by atoms with van der Waals surface area (Å²) >= 11 is 0. The molecule has 0 fully saturated rings. The highest BCUT2D eigenvalue weighted by molar-refractivity contribution is 5.93. The van der Waals surface area contributed by atoms with Crippen LogP contribution in [0.25, 0.3) is 0 Å². The van der Waals surface area contributed by atoms with Crippen LogP contribution in [-0.4, -0.2) is 36.4 Å². The number of hydrogen-bond donors (Lipinski definition) is 2. The highest BCUT2D eigenvalue weighted by Gasteiger charge is 2.13. The van der Waals surface area contributed by atoms with Crippen LogP contribution in [0.5, 0.6) is 5.75 Å². The Hall–Kier alpha value is -2.80. The molecule has 0 spiro atoms. The van der Waals surface area contributed by atoms with E-state index in [0.29, 0.717) is 18.1 Å². The molecule has 1 aromatic heterocycles. The van der Waals surface area contributed by atoms with E-state index in [2.05, 4.69) is 29.6 Å². The van der Waals surface area contributed by atoms with Crippen LogP contribution in [-0.2, 0) is 11.3 Å². The molecule has 26 heavy (non-hydrogen) atoms. The van der Waals surface area contributed by atoms with Crippen LogP contribution < -0.4 is 15.6 Å². The third-order valence-electron chi connectivity index (χ3n) is 3.83. The molecule has 0 aliphatic heterocycles. The molecule has 7 nitrogen and oxygen atoms in total. The highest BCUT2D eigenvalue weighted by atomic mass is 16.5. The molecule has 2 N–H and O–H groups in total. The van der Waals surface area contributed by atoms with Gasteiger partial charge in [0.25, 0.3) is 5.91 Å². The van der Waals surface area contributed by atoms with Crippen molar-refractivity contribution in [1.82, 2.24) is 15.8 Å². The number of benzene rings is 1. The summed E-state index contributed by atoms with van der Waals surface area (Å²) in [6.07, 6.45) is 0. The second-order valence-electron chi connectivity index (χ2n) is 5.83. The van der Waals surface area contributed by atoms with E-state index in [-0.39, 0.29) is 12.4 Å². The number of amides is 2. The molecular formula is C19H25N3O4. The van der Waals surface area contributed by atoms with Crippen molar-refractivity contribution in [2.24, 2.45) is 0 Å². The van der Waals surface area contributed by atoms with E-state index >= 15 is 0 Å². The molecule has 0 radical (unpaired) electrons. The van der Waals surface area contributed by atoms with Gasteiger partial charge in [0.2, 0.25) is 0 Å². The number of carbonyl (C=O) groups excluding carboxylic acids is 2. The number of hydrogen-bond acceptors (Lipinski definition) is 5. The van der Waals surface area contributed by atoms with Crippen molar-refractivity contribution in [2.45, 2.75) is 27.3 Å². The summed E-state index contributed by atoms with van der Waals surface area (Å²) in [6, 6.07) is 10.7. The minimum Gasteiger partial charge on any atom is -0.484 e. The maximum Gasteiger partial charge on any atom is 0.305 e. The zero-order valence-electron chi connectivity index (χ0n) is 15.4. The molecule has 0 unspecified atom stereocenters. The van der Waals surface area contributed by atoms with Gasteiger partial charge in [-0.15, -0.1) is 0 Å². The zero-order chi connectivity index (χ0) is 18.9. The Morgan fingerprint density at radius 2 is 1.88 bits per heavy atom. The standard InChI is InChI=1S/C19H25N3O4/c1-4-22(5-2)12-16-9-10-17(26-16)19(24)21-20-18(23)13-25-15-8-6-7-14(3)11-15/h6-11H,4-5,12-13H2,1-3H3,(H,20,23)(H,21,24). The maximum atomic E-state index is 12.0. The van der Waals surface area contributed by atoms with E-state index < -0.39 is 11.8 Å². The van der Waals surface area contributed by atoms with Gasteiger partial charge in [-0.2, -0.15) is 0 Å². The summed E-state index contributed by atoms with van der Waals surface area (Å²) in [5.41, 5.74) is 5.66. The van der Waals surface area contributed by atoms with Gasteiger partial charge in [0.05, 0.1) is 6.54 Å². The Balaban J connectivity index is 1.77. The summed E-state index contributed by atoms with van der Waals surface area (Å²) in [4.78, 5) is 26.0. The van der Waals surface area contributed by atoms with Crippen molar-refractivity contribution in [3.63, 3.8) is 0 Å². The van der Waals surface area contributed by atoms with Crippen molar-refractivity contribution in [2.75, 3.05) is 19.7 Å². The fourth-order valence-electron chi connectivity index (χ4n) is 2.33. The summed E-state index contributed by atoms with van der Waals surface area (Å²) in [5.74, 6) is 0.466. The Labute approximate surface area is 153 Å². The number of aryl methyl sites for hydroxylation is 1.